The van der Waals surface area contributed by atoms with Crippen LogP contribution in [0.3, 0.4) is 0 Å². The van der Waals surface area contributed by atoms with Gasteiger partial charge in [0.2, 0.25) is 0 Å². The third-order valence-corrected chi connectivity index (χ3v) is 1.96. The highest BCUT2D eigenvalue weighted by atomic mass is 19.1. The van der Waals surface area contributed by atoms with E-state index in [1.807, 2.05) is 0 Å². The van der Waals surface area contributed by atoms with Gasteiger partial charge in [-0.2, -0.15) is 0 Å². The van der Waals surface area contributed by atoms with Gasteiger partial charge in [0.15, 0.2) is 5.67 Å². The first-order valence-electron chi connectivity index (χ1n) is 3.87. The predicted octanol–water partition coefficient (Wildman–Crippen LogP) is 1.01. The molecule has 0 spiro atoms. The van der Waals surface area contributed by atoms with Crippen molar-refractivity contribution in [2.24, 2.45) is 5.73 Å². The van der Waals surface area contributed by atoms with Gasteiger partial charge in [0.1, 0.15) is 6.33 Å². The van der Waals surface area contributed by atoms with Crippen LogP contribution in [0.4, 0.5) is 4.39 Å². The van der Waals surface area contributed by atoms with E-state index in [9.17, 15) is 4.39 Å². The molecule has 0 aromatic carbocycles. The molecule has 66 valence electrons. The molecule has 0 fully saturated rings. The number of nitrogens with zero attached hydrogens (tertiary/aromatic N) is 2. The molecule has 2 N–H and O–H groups in total. The second kappa shape index (κ2) is 3.58. The maximum absolute atomic E-state index is 13.8. The number of aromatic nitrogens is 2. The molecule has 3 nitrogen and oxygen atoms in total. The van der Waals surface area contributed by atoms with Crippen molar-refractivity contribution in [1.82, 2.24) is 9.97 Å². The standard InChI is InChI=1S/C8H12FN3/c1-2-8(9,5-10)7-3-11-6-12-4-7/h3-4,6H,2,5,10H2,1H3. The second-order valence-corrected chi connectivity index (χ2v) is 2.65. The van der Waals surface area contributed by atoms with Crippen LogP contribution >= 0.6 is 0 Å². The first kappa shape index (κ1) is 9.06. The molecule has 1 rings (SSSR count). The number of nitrogens with two attached hydrogens (primary N) is 1. The number of rotatable bonds is 3. The van der Waals surface area contributed by atoms with Crippen LogP contribution in [-0.2, 0) is 5.67 Å². The lowest BCUT2D eigenvalue weighted by molar-refractivity contribution is 0.168. The highest BCUT2D eigenvalue weighted by Gasteiger charge is 2.28. The fourth-order valence-electron chi connectivity index (χ4n) is 0.997. The lowest BCUT2D eigenvalue weighted by atomic mass is 9.96. The number of hydrogen-bond acceptors (Lipinski definition) is 3. The molecule has 0 aliphatic carbocycles. The Labute approximate surface area is 70.8 Å². The van der Waals surface area contributed by atoms with E-state index in [4.69, 9.17) is 5.73 Å². The van der Waals surface area contributed by atoms with Crippen LogP contribution in [0.5, 0.6) is 0 Å². The molecule has 0 aliphatic rings. The Balaban J connectivity index is 2.95. The minimum atomic E-state index is -1.47. The van der Waals surface area contributed by atoms with E-state index in [0.717, 1.165) is 0 Å². The Hall–Kier alpha value is -1.03. The van der Waals surface area contributed by atoms with Crippen molar-refractivity contribution in [2.75, 3.05) is 6.54 Å². The Morgan fingerprint density at radius 1 is 1.50 bits per heavy atom. The average molecular weight is 169 g/mol. The monoisotopic (exact) mass is 169 g/mol. The van der Waals surface area contributed by atoms with Gasteiger partial charge in [-0.3, -0.25) is 0 Å². The molecule has 4 heteroatoms. The SMILES string of the molecule is CCC(F)(CN)c1cncnc1. The Morgan fingerprint density at radius 3 is 2.50 bits per heavy atom. The van der Waals surface area contributed by atoms with Gasteiger partial charge in [0, 0.05) is 24.5 Å². The smallest absolute Gasteiger partial charge is 0.150 e. The molecule has 0 saturated carbocycles. The van der Waals surface area contributed by atoms with E-state index >= 15 is 0 Å². The third kappa shape index (κ3) is 1.58. The van der Waals surface area contributed by atoms with Gasteiger partial charge >= 0.3 is 0 Å². The molecule has 1 aromatic heterocycles. The Bertz CT molecular complexity index is 233. The summed E-state index contributed by atoms with van der Waals surface area (Å²) in [5, 5.41) is 0. The molecule has 0 amide bonds. The van der Waals surface area contributed by atoms with E-state index < -0.39 is 5.67 Å². The summed E-state index contributed by atoms with van der Waals surface area (Å²) in [6.45, 7) is 1.72. The van der Waals surface area contributed by atoms with Gasteiger partial charge in [-0.05, 0) is 6.42 Å². The van der Waals surface area contributed by atoms with Crippen LogP contribution in [0, 0.1) is 0 Å². The van der Waals surface area contributed by atoms with Crippen LogP contribution in [0.15, 0.2) is 18.7 Å². The Morgan fingerprint density at radius 2 is 2.08 bits per heavy atom. The second-order valence-electron chi connectivity index (χ2n) is 2.65. The molecule has 1 heterocycles. The minimum Gasteiger partial charge on any atom is -0.327 e. The zero-order chi connectivity index (χ0) is 9.03. The van der Waals surface area contributed by atoms with Crippen molar-refractivity contribution in [1.29, 1.82) is 0 Å². The van der Waals surface area contributed by atoms with Crippen molar-refractivity contribution < 1.29 is 4.39 Å². The van der Waals surface area contributed by atoms with Crippen molar-refractivity contribution in [2.45, 2.75) is 19.0 Å². The first-order chi connectivity index (χ1) is 5.73. The van der Waals surface area contributed by atoms with E-state index in [2.05, 4.69) is 9.97 Å². The van der Waals surface area contributed by atoms with Gasteiger partial charge in [-0.1, -0.05) is 6.92 Å². The summed E-state index contributed by atoms with van der Waals surface area (Å²) in [5.74, 6) is 0. The van der Waals surface area contributed by atoms with Crippen LogP contribution in [0.1, 0.15) is 18.9 Å². The number of alkyl halides is 1. The molecule has 1 atom stereocenters. The zero-order valence-electron chi connectivity index (χ0n) is 7.00. The van der Waals surface area contributed by atoms with E-state index in [-0.39, 0.29) is 6.54 Å². The molecule has 12 heavy (non-hydrogen) atoms. The molecule has 0 saturated heterocycles. The summed E-state index contributed by atoms with van der Waals surface area (Å²) in [7, 11) is 0. The van der Waals surface area contributed by atoms with Crippen LogP contribution in [-0.4, -0.2) is 16.5 Å². The largest absolute Gasteiger partial charge is 0.327 e. The lowest BCUT2D eigenvalue weighted by Crippen LogP contribution is -2.29. The van der Waals surface area contributed by atoms with E-state index in [1.165, 1.54) is 18.7 Å². The number of halogens is 1. The van der Waals surface area contributed by atoms with Crippen molar-refractivity contribution >= 4 is 0 Å². The summed E-state index contributed by atoms with van der Waals surface area (Å²) in [6, 6.07) is 0. The highest BCUT2D eigenvalue weighted by molar-refractivity contribution is 5.14. The van der Waals surface area contributed by atoms with Gasteiger partial charge in [0.25, 0.3) is 0 Å². The Kier molecular flexibility index (Phi) is 2.70. The zero-order valence-corrected chi connectivity index (χ0v) is 7.00. The van der Waals surface area contributed by atoms with Crippen LogP contribution in [0.2, 0.25) is 0 Å². The normalized spacial score (nSPS) is 15.6. The lowest BCUT2D eigenvalue weighted by Gasteiger charge is -2.20. The maximum Gasteiger partial charge on any atom is 0.150 e. The predicted molar refractivity (Wildman–Crippen MR) is 44.2 cm³/mol. The van der Waals surface area contributed by atoms with Crippen molar-refractivity contribution in [3.63, 3.8) is 0 Å². The molecule has 0 radical (unpaired) electrons. The average Bonchev–Trinajstić information content (AvgIpc) is 2.18. The molecule has 1 unspecified atom stereocenters. The third-order valence-electron chi connectivity index (χ3n) is 1.96. The quantitative estimate of drug-likeness (QED) is 0.734. The summed E-state index contributed by atoms with van der Waals surface area (Å²) < 4.78 is 13.8. The van der Waals surface area contributed by atoms with Gasteiger partial charge in [0.05, 0.1) is 0 Å². The summed E-state index contributed by atoms with van der Waals surface area (Å²) in [4.78, 5) is 7.48. The van der Waals surface area contributed by atoms with Gasteiger partial charge < -0.3 is 5.73 Å². The molecule has 0 aliphatic heterocycles. The summed E-state index contributed by atoms with van der Waals surface area (Å²) in [5.41, 5.74) is 4.30. The summed E-state index contributed by atoms with van der Waals surface area (Å²) >= 11 is 0. The van der Waals surface area contributed by atoms with Crippen molar-refractivity contribution in [3.05, 3.63) is 24.3 Å². The number of hydrogen-bond donors (Lipinski definition) is 1. The van der Waals surface area contributed by atoms with Crippen LogP contribution < -0.4 is 5.73 Å². The highest BCUT2D eigenvalue weighted by Crippen LogP contribution is 2.26. The van der Waals surface area contributed by atoms with Crippen LogP contribution in [0.25, 0.3) is 0 Å². The fourth-order valence-corrected chi connectivity index (χ4v) is 0.997. The minimum absolute atomic E-state index is 0.0309. The van der Waals surface area contributed by atoms with Gasteiger partial charge in [-0.15, -0.1) is 0 Å². The molecular weight excluding hydrogens is 157 g/mol. The van der Waals surface area contributed by atoms with E-state index in [1.54, 1.807) is 6.92 Å². The van der Waals surface area contributed by atoms with Crippen molar-refractivity contribution in [3.8, 4) is 0 Å². The molecular formula is C8H12FN3. The molecule has 0 bridgehead atoms. The van der Waals surface area contributed by atoms with Gasteiger partial charge in [-0.25, -0.2) is 14.4 Å². The molecule has 1 aromatic rings. The summed E-state index contributed by atoms with van der Waals surface area (Å²) in [6.07, 6.45) is 4.64. The first-order valence-corrected chi connectivity index (χ1v) is 3.87. The topological polar surface area (TPSA) is 51.8 Å². The van der Waals surface area contributed by atoms with E-state index in [0.29, 0.717) is 12.0 Å². The fraction of sp³-hybridized carbons (Fsp3) is 0.500. The maximum atomic E-state index is 13.8.